The molecule has 0 bridgehead atoms. The summed E-state index contributed by atoms with van der Waals surface area (Å²) < 4.78 is 0. The Kier molecular flexibility index (Phi) is 2.72. The number of aromatic nitrogens is 1. The van der Waals surface area contributed by atoms with Crippen molar-refractivity contribution < 1.29 is 4.84 Å². The highest BCUT2D eigenvalue weighted by Gasteiger charge is 1.97. The number of fused-ring (bicyclic) bond motifs is 1. The molecule has 1 aromatic heterocycles. The molecule has 0 atom stereocenters. The Bertz CT molecular complexity index is 428. The van der Waals surface area contributed by atoms with Crippen molar-refractivity contribution in [3.8, 4) is 0 Å². The van der Waals surface area contributed by atoms with Crippen molar-refractivity contribution in [2.75, 3.05) is 6.61 Å². The first kappa shape index (κ1) is 9.12. The van der Waals surface area contributed by atoms with Crippen molar-refractivity contribution in [3.05, 3.63) is 42.1 Å². The smallest absolute Gasteiger partial charge is 0.0734 e. The molecule has 14 heavy (non-hydrogen) atoms. The highest BCUT2D eigenvalue weighted by atomic mass is 16.6. The summed E-state index contributed by atoms with van der Waals surface area (Å²) in [7, 11) is 0. The van der Waals surface area contributed by atoms with Crippen molar-refractivity contribution in [1.29, 1.82) is 0 Å². The Morgan fingerprint density at radius 1 is 1.14 bits per heavy atom. The maximum Gasteiger partial charge on any atom is 0.0734 e. The summed E-state index contributed by atoms with van der Waals surface area (Å²) in [5.74, 6) is 4.96. The van der Waals surface area contributed by atoms with Crippen LogP contribution in [0.3, 0.4) is 0 Å². The maximum absolute atomic E-state index is 4.96. The summed E-state index contributed by atoms with van der Waals surface area (Å²) in [6.45, 7) is 0.505. The third-order valence-corrected chi connectivity index (χ3v) is 2.13. The Labute approximate surface area is 82.5 Å². The van der Waals surface area contributed by atoms with Crippen LogP contribution in [0.25, 0.3) is 10.9 Å². The van der Waals surface area contributed by atoms with E-state index in [1.807, 2.05) is 30.3 Å². The van der Waals surface area contributed by atoms with E-state index >= 15 is 0 Å². The van der Waals surface area contributed by atoms with Gasteiger partial charge in [-0.2, -0.15) is 0 Å². The second-order valence-corrected chi connectivity index (χ2v) is 3.12. The molecule has 0 saturated carbocycles. The van der Waals surface area contributed by atoms with Crippen LogP contribution in [0.4, 0.5) is 0 Å². The molecular formula is C11H12N2O. The van der Waals surface area contributed by atoms with E-state index < -0.39 is 0 Å². The molecule has 0 radical (unpaired) electrons. The van der Waals surface area contributed by atoms with E-state index in [0.717, 1.165) is 23.0 Å². The lowest BCUT2D eigenvalue weighted by molar-refractivity contribution is 0.140. The summed E-state index contributed by atoms with van der Waals surface area (Å²) in [4.78, 5) is 8.99. The first-order chi connectivity index (χ1) is 6.90. The zero-order chi connectivity index (χ0) is 9.80. The molecule has 3 nitrogen and oxygen atoms in total. The van der Waals surface area contributed by atoms with Crippen LogP contribution in [0.1, 0.15) is 5.69 Å². The highest BCUT2D eigenvalue weighted by Crippen LogP contribution is 2.11. The van der Waals surface area contributed by atoms with E-state index in [2.05, 4.69) is 15.9 Å². The van der Waals surface area contributed by atoms with Crippen LogP contribution in [0, 0.1) is 0 Å². The van der Waals surface area contributed by atoms with Crippen LogP contribution in [-0.2, 0) is 11.3 Å². The Balaban J connectivity index is 2.32. The van der Waals surface area contributed by atoms with E-state index in [4.69, 9.17) is 5.90 Å². The molecule has 0 fully saturated rings. The minimum atomic E-state index is 0.505. The van der Waals surface area contributed by atoms with Gasteiger partial charge in [0.1, 0.15) is 0 Å². The number of hydrogen-bond donors (Lipinski definition) is 1. The van der Waals surface area contributed by atoms with Gasteiger partial charge >= 0.3 is 0 Å². The number of pyridine rings is 1. The van der Waals surface area contributed by atoms with Crippen LogP contribution in [0.2, 0.25) is 0 Å². The van der Waals surface area contributed by atoms with Gasteiger partial charge in [0.25, 0.3) is 0 Å². The first-order valence-corrected chi connectivity index (χ1v) is 4.56. The normalized spacial score (nSPS) is 10.6. The maximum atomic E-state index is 4.96. The zero-order valence-corrected chi connectivity index (χ0v) is 7.81. The predicted octanol–water partition coefficient (Wildman–Crippen LogP) is 1.67. The standard InChI is InChI=1S/C11H12N2O/c12-14-8-7-10-6-5-9-3-1-2-4-11(9)13-10/h1-6H,7-8,12H2. The summed E-state index contributed by atoms with van der Waals surface area (Å²) >= 11 is 0. The molecule has 0 amide bonds. The number of nitrogens with zero attached hydrogens (tertiary/aromatic N) is 1. The van der Waals surface area contributed by atoms with Gasteiger partial charge in [0.05, 0.1) is 12.1 Å². The average molecular weight is 188 g/mol. The number of para-hydroxylation sites is 1. The third-order valence-electron chi connectivity index (χ3n) is 2.13. The molecule has 3 heteroatoms. The van der Waals surface area contributed by atoms with E-state index in [1.165, 1.54) is 0 Å². The molecular weight excluding hydrogens is 176 g/mol. The topological polar surface area (TPSA) is 48.1 Å². The summed E-state index contributed by atoms with van der Waals surface area (Å²) in [5, 5.41) is 1.16. The van der Waals surface area contributed by atoms with E-state index in [-0.39, 0.29) is 0 Å². The van der Waals surface area contributed by atoms with Crippen LogP contribution in [0.5, 0.6) is 0 Å². The van der Waals surface area contributed by atoms with Gasteiger partial charge in [-0.25, -0.2) is 5.90 Å². The molecule has 0 spiro atoms. The third kappa shape index (κ3) is 1.89. The lowest BCUT2D eigenvalue weighted by atomic mass is 10.2. The molecule has 2 N–H and O–H groups in total. The van der Waals surface area contributed by atoms with Gasteiger partial charge in [0.15, 0.2) is 0 Å². The Morgan fingerprint density at radius 3 is 2.86 bits per heavy atom. The van der Waals surface area contributed by atoms with Crippen molar-refractivity contribution in [1.82, 2.24) is 4.98 Å². The molecule has 0 aliphatic rings. The van der Waals surface area contributed by atoms with Gasteiger partial charge < -0.3 is 4.84 Å². The summed E-state index contributed by atoms with van der Waals surface area (Å²) in [6.07, 6.45) is 0.751. The van der Waals surface area contributed by atoms with E-state index in [0.29, 0.717) is 6.61 Å². The van der Waals surface area contributed by atoms with Crippen molar-refractivity contribution in [3.63, 3.8) is 0 Å². The number of hydrogen-bond acceptors (Lipinski definition) is 3. The van der Waals surface area contributed by atoms with Gasteiger partial charge in [0.2, 0.25) is 0 Å². The molecule has 0 aliphatic heterocycles. The second-order valence-electron chi connectivity index (χ2n) is 3.12. The molecule has 1 heterocycles. The summed E-state index contributed by atoms with van der Waals surface area (Å²) in [5.41, 5.74) is 2.02. The van der Waals surface area contributed by atoms with E-state index in [9.17, 15) is 0 Å². The fourth-order valence-electron chi connectivity index (χ4n) is 1.41. The number of benzene rings is 1. The molecule has 2 aromatic rings. The fourth-order valence-corrected chi connectivity index (χ4v) is 1.41. The van der Waals surface area contributed by atoms with Crippen LogP contribution in [0.15, 0.2) is 36.4 Å². The van der Waals surface area contributed by atoms with Crippen LogP contribution >= 0.6 is 0 Å². The minimum absolute atomic E-state index is 0.505. The molecule has 0 aliphatic carbocycles. The van der Waals surface area contributed by atoms with Crippen molar-refractivity contribution in [2.24, 2.45) is 5.90 Å². The van der Waals surface area contributed by atoms with Gasteiger partial charge in [-0.3, -0.25) is 4.98 Å². The van der Waals surface area contributed by atoms with Gasteiger partial charge in [-0.1, -0.05) is 24.3 Å². The zero-order valence-electron chi connectivity index (χ0n) is 7.81. The SMILES string of the molecule is NOCCc1ccc2ccccc2n1. The van der Waals surface area contributed by atoms with Gasteiger partial charge in [0, 0.05) is 17.5 Å². The summed E-state index contributed by atoms with van der Waals surface area (Å²) in [6, 6.07) is 12.1. The highest BCUT2D eigenvalue weighted by molar-refractivity contribution is 5.78. The average Bonchev–Trinajstić information content (AvgIpc) is 2.26. The van der Waals surface area contributed by atoms with Crippen LogP contribution < -0.4 is 5.90 Å². The molecule has 1 aromatic carbocycles. The van der Waals surface area contributed by atoms with Gasteiger partial charge in [-0.15, -0.1) is 0 Å². The second kappa shape index (κ2) is 4.17. The monoisotopic (exact) mass is 188 g/mol. The Hall–Kier alpha value is -1.45. The molecule has 0 unspecified atom stereocenters. The molecule has 72 valence electrons. The fraction of sp³-hybridized carbons (Fsp3) is 0.182. The Morgan fingerprint density at radius 2 is 2.00 bits per heavy atom. The number of nitrogens with two attached hydrogens (primary N) is 1. The van der Waals surface area contributed by atoms with Crippen LogP contribution in [-0.4, -0.2) is 11.6 Å². The minimum Gasteiger partial charge on any atom is -0.304 e. The molecule has 0 saturated heterocycles. The van der Waals surface area contributed by atoms with Crippen molar-refractivity contribution in [2.45, 2.75) is 6.42 Å². The van der Waals surface area contributed by atoms with Crippen molar-refractivity contribution >= 4 is 10.9 Å². The predicted molar refractivity (Wildman–Crippen MR) is 55.6 cm³/mol. The van der Waals surface area contributed by atoms with E-state index in [1.54, 1.807) is 0 Å². The lowest BCUT2D eigenvalue weighted by Gasteiger charge is -2.01. The number of rotatable bonds is 3. The first-order valence-electron chi connectivity index (χ1n) is 4.56. The lowest BCUT2D eigenvalue weighted by Crippen LogP contribution is -2.04. The van der Waals surface area contributed by atoms with Gasteiger partial charge in [-0.05, 0) is 12.1 Å². The largest absolute Gasteiger partial charge is 0.304 e. The molecule has 2 rings (SSSR count). The quantitative estimate of drug-likeness (QED) is 0.745.